The molecule has 2 aromatic rings. The quantitative estimate of drug-likeness (QED) is 0.0818. The van der Waals surface area contributed by atoms with E-state index in [4.69, 9.17) is 25.8 Å². The number of nitrogen functional groups attached to an aromatic ring is 1. The van der Waals surface area contributed by atoms with Crippen molar-refractivity contribution in [2.45, 2.75) is 29.6 Å². The van der Waals surface area contributed by atoms with Gasteiger partial charge in [0.1, 0.15) is 17.2 Å². The Hall–Kier alpha value is -2.28. The van der Waals surface area contributed by atoms with Gasteiger partial charge in [0, 0.05) is 4.91 Å². The van der Waals surface area contributed by atoms with E-state index in [2.05, 4.69) is 38.1 Å². The molecule has 1 aliphatic heterocycles. The Morgan fingerprint density at radius 1 is 1.31 bits per heavy atom. The van der Waals surface area contributed by atoms with E-state index in [-0.39, 0.29) is 17.1 Å². The number of hydrogen-bond acceptors (Lipinski definition) is 13. The smallest absolute Gasteiger partial charge is 0.383 e. The molecule has 21 nitrogen and oxygen atoms in total. The van der Waals surface area contributed by atoms with Gasteiger partial charge in [-0.1, -0.05) is 5.11 Å². The van der Waals surface area contributed by atoms with Gasteiger partial charge in [-0.25, -0.2) is 23.1 Å². The summed E-state index contributed by atoms with van der Waals surface area (Å²) in [5.41, 5.74) is 7.78. The highest BCUT2D eigenvalue weighted by atomic mass is 31.3. The molecule has 0 amide bonds. The number of H-pyrrole nitrogens is 1. The van der Waals surface area contributed by atoms with Gasteiger partial charge in [0.2, 0.25) is 5.95 Å². The second kappa shape index (κ2) is 8.37. The molecule has 8 N–H and O–H groups in total. The van der Waals surface area contributed by atoms with Crippen LogP contribution in [0.25, 0.3) is 21.6 Å². The topological polar surface area (TPSA) is 328 Å². The van der Waals surface area contributed by atoms with Crippen molar-refractivity contribution in [3.63, 3.8) is 0 Å². The predicted molar refractivity (Wildman–Crippen MR) is 108 cm³/mol. The third-order valence-corrected chi connectivity index (χ3v) is 8.99. The van der Waals surface area contributed by atoms with E-state index in [1.165, 1.54) is 0 Å². The van der Waals surface area contributed by atoms with Crippen LogP contribution < -0.4 is 11.3 Å². The molecule has 0 radical (unpaired) electrons. The molecule has 36 heavy (non-hydrogen) atoms. The number of fused-ring (bicyclic) bond motifs is 2. The van der Waals surface area contributed by atoms with Gasteiger partial charge in [-0.3, -0.25) is 18.9 Å². The lowest BCUT2D eigenvalue weighted by atomic mass is 10.1. The second-order valence-corrected chi connectivity index (χ2v) is 11.8. The first-order chi connectivity index (χ1) is 16.5. The number of aliphatic hydroxyl groups is 1. The van der Waals surface area contributed by atoms with Crippen LogP contribution in [0.1, 0.15) is 6.23 Å². The Balaban J connectivity index is 1.62. The number of anilines is 1. The highest BCUT2D eigenvalue weighted by Crippen LogP contribution is 2.69. The first-order valence-corrected chi connectivity index (χ1v) is 13.6. The highest BCUT2D eigenvalue weighted by Gasteiger charge is 2.88. The van der Waals surface area contributed by atoms with Crippen molar-refractivity contribution in [2.24, 2.45) is 5.11 Å². The fourth-order valence-corrected chi connectivity index (χ4v) is 6.85. The van der Waals surface area contributed by atoms with Crippen LogP contribution in [0.5, 0.6) is 0 Å². The summed E-state index contributed by atoms with van der Waals surface area (Å²) < 4.78 is 67.7. The fraction of sp³-hybridized carbons (Fsp3) is 0.545. The molecule has 0 spiro atoms. The van der Waals surface area contributed by atoms with Crippen molar-refractivity contribution in [1.29, 1.82) is 0 Å². The van der Waals surface area contributed by atoms with Gasteiger partial charge in [-0.05, 0) is 5.53 Å². The van der Waals surface area contributed by atoms with E-state index in [0.717, 1.165) is 10.9 Å². The third kappa shape index (κ3) is 4.37. The molecule has 3 unspecified atom stereocenters. The Morgan fingerprint density at radius 3 is 2.58 bits per heavy atom. The highest BCUT2D eigenvalue weighted by molar-refractivity contribution is 7.66. The lowest BCUT2D eigenvalue weighted by Crippen LogP contribution is -2.33. The normalized spacial score (nSPS) is 32.9. The fourth-order valence-electron chi connectivity index (χ4n) is 3.80. The molecule has 2 aliphatic rings. The number of imidazole rings is 1. The van der Waals surface area contributed by atoms with Crippen molar-refractivity contribution < 1.29 is 60.6 Å². The Bertz CT molecular complexity index is 1490. The molecule has 2 aromatic heterocycles. The van der Waals surface area contributed by atoms with Crippen molar-refractivity contribution in [2.75, 3.05) is 12.3 Å². The van der Waals surface area contributed by atoms with Crippen LogP contribution in [0.3, 0.4) is 0 Å². The maximum absolute atomic E-state index is 15.4. The minimum Gasteiger partial charge on any atom is -0.383 e. The lowest BCUT2D eigenvalue weighted by molar-refractivity contribution is -0.0782. The molecule has 0 bridgehead atoms. The standard InChI is InChI=1S/C11H14FN8O13P3/c12-4-7(20-2-15-3-5(20)16-9(13)17-6(3)21)31-10(8(18-19-14)11(4,10)22)1-30-35(26,27)33-36(28,29)32-34(23,24)25/h2,4,7-8,22H,1H2,(H,26,27)(H,28,29)(H2,23,24,25)(H3,13,16,17,21)/t4-,7+,8?,10-,11+/m0/s1. The second-order valence-electron chi connectivity index (χ2n) is 7.37. The van der Waals surface area contributed by atoms with Gasteiger partial charge in [0.25, 0.3) is 5.56 Å². The maximum atomic E-state index is 15.4. The van der Waals surface area contributed by atoms with Crippen molar-refractivity contribution in [3.05, 3.63) is 27.1 Å². The van der Waals surface area contributed by atoms with Crippen molar-refractivity contribution in [3.8, 4) is 0 Å². The van der Waals surface area contributed by atoms with E-state index < -0.39 is 65.3 Å². The number of nitrogens with two attached hydrogens (primary N) is 1. The molecule has 25 heteroatoms. The number of alkyl halides is 1. The van der Waals surface area contributed by atoms with Crippen LogP contribution in [0.15, 0.2) is 16.2 Å². The summed E-state index contributed by atoms with van der Waals surface area (Å²) in [5.74, 6) is -0.374. The number of aromatic nitrogens is 4. The minimum atomic E-state index is -5.88. The molecule has 4 rings (SSSR count). The summed E-state index contributed by atoms with van der Waals surface area (Å²) in [6.07, 6.45) is -3.38. The molecule has 3 heterocycles. The Morgan fingerprint density at radius 2 is 1.97 bits per heavy atom. The number of nitrogens with zero attached hydrogens (tertiary/aromatic N) is 6. The number of aromatic amines is 1. The molecule has 1 saturated carbocycles. The summed E-state index contributed by atoms with van der Waals surface area (Å²) in [6, 6.07) is -1.76. The number of rotatable bonds is 9. The van der Waals surface area contributed by atoms with Gasteiger partial charge in [0.05, 0.1) is 12.9 Å². The number of ether oxygens (including phenoxy) is 1. The average Bonchev–Trinajstić information content (AvgIpc) is 2.96. The molecule has 198 valence electrons. The van der Waals surface area contributed by atoms with E-state index in [1.807, 2.05) is 0 Å². The third-order valence-electron chi connectivity index (χ3n) is 5.20. The Labute approximate surface area is 195 Å². The first-order valence-electron chi connectivity index (χ1n) is 9.05. The van der Waals surface area contributed by atoms with E-state index in [1.54, 1.807) is 0 Å². The molecular weight excluding hydrogens is 564 g/mol. The van der Waals surface area contributed by atoms with Crippen LogP contribution in [0, 0.1) is 0 Å². The van der Waals surface area contributed by atoms with Gasteiger partial charge < -0.3 is 35.2 Å². The maximum Gasteiger partial charge on any atom is 0.490 e. The number of phosphoric acid groups is 3. The van der Waals surface area contributed by atoms with E-state index in [0.29, 0.717) is 0 Å². The molecular formula is C11H14FN8O13P3. The first kappa shape index (κ1) is 26.8. The van der Waals surface area contributed by atoms with Crippen LogP contribution in [-0.2, 0) is 31.6 Å². The number of phosphoric ester groups is 1. The summed E-state index contributed by atoms with van der Waals surface area (Å²) in [7, 11) is -17.3. The van der Waals surface area contributed by atoms with E-state index >= 15 is 4.39 Å². The van der Waals surface area contributed by atoms with Gasteiger partial charge in [-0.15, -0.1) is 0 Å². The van der Waals surface area contributed by atoms with Gasteiger partial charge in [0.15, 0.2) is 23.6 Å². The number of nitrogens with one attached hydrogen (secondary N) is 1. The zero-order chi connectivity index (χ0) is 26.9. The van der Waals surface area contributed by atoms with Crippen LogP contribution in [-0.4, -0.2) is 74.2 Å². The minimum absolute atomic E-state index is 0.280. The zero-order valence-electron chi connectivity index (χ0n) is 17.0. The lowest BCUT2D eigenvalue weighted by Gasteiger charge is -2.23. The predicted octanol–water partition coefficient (Wildman–Crippen LogP) is -0.926. The molecule has 7 atom stereocenters. The number of azide groups is 1. The Kier molecular flexibility index (Phi) is 6.22. The number of halogens is 1. The largest absolute Gasteiger partial charge is 0.490 e. The summed E-state index contributed by atoms with van der Waals surface area (Å²) >= 11 is 0. The summed E-state index contributed by atoms with van der Waals surface area (Å²) in [5, 5.41) is 14.0. The summed E-state index contributed by atoms with van der Waals surface area (Å²) in [4.78, 5) is 60.2. The van der Waals surface area contributed by atoms with Gasteiger partial charge in [-0.2, -0.15) is 13.6 Å². The molecule has 1 saturated heterocycles. The summed E-state index contributed by atoms with van der Waals surface area (Å²) in [6.45, 7) is -1.32. The van der Waals surface area contributed by atoms with Crippen LogP contribution >= 0.6 is 23.5 Å². The van der Waals surface area contributed by atoms with E-state index in [9.17, 15) is 33.4 Å². The zero-order valence-corrected chi connectivity index (χ0v) is 19.7. The molecule has 2 fully saturated rings. The SMILES string of the molecule is [N-]=[N+]=NC1[C@]2(COP(=O)(O)OP(=O)(O)OP(=O)(O)O)O[C@@H](n3cnc4c(=O)[nH]c(N)nc43)[C@H](F)[C@@]12O. The average molecular weight is 578 g/mol. The van der Waals surface area contributed by atoms with Gasteiger partial charge >= 0.3 is 23.5 Å². The monoisotopic (exact) mass is 578 g/mol. The van der Waals surface area contributed by atoms with Crippen LogP contribution in [0.2, 0.25) is 0 Å². The van der Waals surface area contributed by atoms with Crippen LogP contribution in [0.4, 0.5) is 10.3 Å². The van der Waals surface area contributed by atoms with Crippen molar-refractivity contribution >= 4 is 40.6 Å². The van der Waals surface area contributed by atoms with Crippen molar-refractivity contribution in [1.82, 2.24) is 19.5 Å². The molecule has 1 aliphatic carbocycles. The number of hydrogen-bond donors (Lipinski definition) is 7. The molecule has 0 aromatic carbocycles.